The van der Waals surface area contributed by atoms with Gasteiger partial charge in [-0.05, 0) is 32.0 Å². The summed E-state index contributed by atoms with van der Waals surface area (Å²) < 4.78 is 7.57. The Morgan fingerprint density at radius 3 is 2.74 bits per heavy atom. The van der Waals surface area contributed by atoms with Crippen LogP contribution in [0, 0.1) is 5.41 Å². The van der Waals surface area contributed by atoms with Gasteiger partial charge < -0.3 is 10.5 Å². The van der Waals surface area contributed by atoms with Crippen molar-refractivity contribution < 1.29 is 4.74 Å². The smallest absolute Gasteiger partial charge is 0.132 e. The van der Waals surface area contributed by atoms with Crippen molar-refractivity contribution in [2.24, 2.45) is 5.73 Å². The molecule has 3 N–H and O–H groups in total. The first-order valence-electron chi connectivity index (χ1n) is 6.18. The Morgan fingerprint density at radius 1 is 1.37 bits per heavy atom. The van der Waals surface area contributed by atoms with Crippen LogP contribution in [0.3, 0.4) is 0 Å². The minimum atomic E-state index is 0.00306. The normalized spacial score (nSPS) is 10.7. The summed E-state index contributed by atoms with van der Waals surface area (Å²) in [5.74, 6) is 0.609. The maximum Gasteiger partial charge on any atom is 0.132 e. The van der Waals surface area contributed by atoms with Crippen LogP contribution >= 0.6 is 0 Å². The van der Waals surface area contributed by atoms with Crippen LogP contribution in [0.4, 0.5) is 0 Å². The Balaban J connectivity index is 2.08. The van der Waals surface area contributed by atoms with E-state index in [1.165, 1.54) is 0 Å². The molecular formula is C14H18N4O. The summed E-state index contributed by atoms with van der Waals surface area (Å²) in [6.07, 6.45) is 1.93. The third-order valence-corrected chi connectivity index (χ3v) is 2.75. The summed E-state index contributed by atoms with van der Waals surface area (Å²) in [4.78, 5) is 0. The number of nitrogens with two attached hydrogens (primary N) is 1. The largest absolute Gasteiger partial charge is 0.486 e. The second-order valence-electron chi connectivity index (χ2n) is 4.58. The molecule has 100 valence electrons. The third kappa shape index (κ3) is 3.13. The lowest BCUT2D eigenvalue weighted by Crippen LogP contribution is -2.13. The summed E-state index contributed by atoms with van der Waals surface area (Å²) in [5, 5.41) is 11.9. The zero-order valence-corrected chi connectivity index (χ0v) is 11.1. The third-order valence-electron chi connectivity index (χ3n) is 2.75. The van der Waals surface area contributed by atoms with E-state index in [9.17, 15) is 0 Å². The maximum atomic E-state index is 7.50. The van der Waals surface area contributed by atoms with Crippen molar-refractivity contribution in [2.75, 3.05) is 0 Å². The van der Waals surface area contributed by atoms with Crippen LogP contribution in [0.15, 0.2) is 36.5 Å². The number of rotatable bonds is 5. The fraction of sp³-hybridized carbons (Fsp3) is 0.286. The quantitative estimate of drug-likeness (QED) is 0.638. The van der Waals surface area contributed by atoms with Crippen LogP contribution < -0.4 is 10.5 Å². The van der Waals surface area contributed by atoms with Crippen molar-refractivity contribution in [1.82, 2.24) is 9.78 Å². The van der Waals surface area contributed by atoms with Gasteiger partial charge >= 0.3 is 0 Å². The first-order valence-corrected chi connectivity index (χ1v) is 6.18. The summed E-state index contributed by atoms with van der Waals surface area (Å²) in [5.41, 5.74) is 6.97. The van der Waals surface area contributed by atoms with E-state index in [-0.39, 0.29) is 5.84 Å². The molecule has 2 rings (SSSR count). The van der Waals surface area contributed by atoms with Crippen LogP contribution in [0.2, 0.25) is 0 Å². The van der Waals surface area contributed by atoms with Crippen LogP contribution in [0.5, 0.6) is 5.75 Å². The average molecular weight is 258 g/mol. The second-order valence-corrected chi connectivity index (χ2v) is 4.58. The Labute approximate surface area is 112 Å². The number of amidine groups is 1. The van der Waals surface area contributed by atoms with Gasteiger partial charge in [0, 0.05) is 12.2 Å². The SMILES string of the molecule is CC(C)n1ccc(COc2ccccc2C(=N)N)n1. The Bertz CT molecular complexity index is 574. The van der Waals surface area contributed by atoms with Crippen LogP contribution in [-0.2, 0) is 6.61 Å². The average Bonchev–Trinajstić information content (AvgIpc) is 2.85. The molecule has 0 saturated carbocycles. The number of nitrogens with one attached hydrogen (secondary N) is 1. The number of nitrogen functional groups attached to an aromatic ring is 1. The molecule has 0 radical (unpaired) electrons. The summed E-state index contributed by atoms with van der Waals surface area (Å²) in [6.45, 7) is 4.51. The monoisotopic (exact) mass is 258 g/mol. The molecular weight excluding hydrogens is 240 g/mol. The molecule has 0 aliphatic carbocycles. The lowest BCUT2D eigenvalue weighted by Gasteiger charge is -2.09. The van der Waals surface area contributed by atoms with Crippen molar-refractivity contribution in [1.29, 1.82) is 5.41 Å². The molecule has 0 saturated heterocycles. The van der Waals surface area contributed by atoms with E-state index in [4.69, 9.17) is 15.9 Å². The van der Waals surface area contributed by atoms with Gasteiger partial charge in [0.05, 0.1) is 11.3 Å². The van der Waals surface area contributed by atoms with Gasteiger partial charge in [0.1, 0.15) is 18.2 Å². The summed E-state index contributed by atoms with van der Waals surface area (Å²) in [6, 6.07) is 9.51. The highest BCUT2D eigenvalue weighted by Gasteiger charge is 2.07. The van der Waals surface area contributed by atoms with Crippen molar-refractivity contribution in [3.63, 3.8) is 0 Å². The Kier molecular flexibility index (Phi) is 3.85. The summed E-state index contributed by atoms with van der Waals surface area (Å²) >= 11 is 0. The standard InChI is InChI=1S/C14H18N4O/c1-10(2)18-8-7-11(17-18)9-19-13-6-4-3-5-12(13)14(15)16/h3-8,10H,9H2,1-2H3,(H3,15,16). The Morgan fingerprint density at radius 2 is 2.11 bits per heavy atom. The van der Waals surface area contributed by atoms with Gasteiger partial charge in [-0.15, -0.1) is 0 Å². The summed E-state index contributed by atoms with van der Waals surface area (Å²) in [7, 11) is 0. The van der Waals surface area contributed by atoms with Gasteiger partial charge in [0.25, 0.3) is 0 Å². The number of aromatic nitrogens is 2. The lowest BCUT2D eigenvalue weighted by atomic mass is 10.2. The molecule has 0 spiro atoms. The molecule has 0 amide bonds. The van der Waals surface area contributed by atoms with Crippen molar-refractivity contribution >= 4 is 5.84 Å². The van der Waals surface area contributed by atoms with Gasteiger partial charge in [-0.3, -0.25) is 10.1 Å². The zero-order valence-electron chi connectivity index (χ0n) is 11.1. The number of benzene rings is 1. The maximum absolute atomic E-state index is 7.50. The van der Waals surface area contributed by atoms with E-state index in [1.54, 1.807) is 12.1 Å². The number of nitrogens with zero attached hydrogens (tertiary/aromatic N) is 2. The molecule has 0 unspecified atom stereocenters. The molecule has 0 bridgehead atoms. The molecule has 0 aliphatic heterocycles. The molecule has 1 aromatic carbocycles. The van der Waals surface area contributed by atoms with Crippen LogP contribution in [0.1, 0.15) is 31.1 Å². The van der Waals surface area contributed by atoms with Gasteiger partial charge in [0.15, 0.2) is 0 Å². The molecule has 0 fully saturated rings. The first kappa shape index (κ1) is 13.1. The van der Waals surface area contributed by atoms with E-state index in [0.717, 1.165) is 5.69 Å². The Hall–Kier alpha value is -2.30. The number of ether oxygens (including phenoxy) is 1. The second kappa shape index (κ2) is 5.56. The molecule has 19 heavy (non-hydrogen) atoms. The first-order chi connectivity index (χ1) is 9.08. The van der Waals surface area contributed by atoms with Crippen LogP contribution in [0.25, 0.3) is 0 Å². The van der Waals surface area contributed by atoms with Crippen molar-refractivity contribution in [2.45, 2.75) is 26.5 Å². The predicted molar refractivity (Wildman–Crippen MR) is 74.4 cm³/mol. The highest BCUT2D eigenvalue weighted by molar-refractivity contribution is 5.97. The van der Waals surface area contributed by atoms with Crippen molar-refractivity contribution in [3.05, 3.63) is 47.8 Å². The molecule has 0 aliphatic rings. The molecule has 0 atom stereocenters. The van der Waals surface area contributed by atoms with Gasteiger partial charge in [0.2, 0.25) is 0 Å². The fourth-order valence-electron chi connectivity index (χ4n) is 1.71. The topological polar surface area (TPSA) is 76.9 Å². The number of para-hydroxylation sites is 1. The molecule has 2 aromatic rings. The minimum absolute atomic E-state index is 0.00306. The van der Waals surface area contributed by atoms with Gasteiger partial charge in [-0.1, -0.05) is 12.1 Å². The van der Waals surface area contributed by atoms with Gasteiger partial charge in [-0.2, -0.15) is 5.10 Å². The van der Waals surface area contributed by atoms with E-state index in [2.05, 4.69) is 18.9 Å². The van der Waals surface area contributed by atoms with E-state index < -0.39 is 0 Å². The zero-order chi connectivity index (χ0) is 13.8. The fourth-order valence-corrected chi connectivity index (χ4v) is 1.71. The van der Waals surface area contributed by atoms with E-state index in [0.29, 0.717) is 24.0 Å². The molecule has 5 nitrogen and oxygen atoms in total. The van der Waals surface area contributed by atoms with Gasteiger partial charge in [-0.25, -0.2) is 0 Å². The number of hydrogen-bond donors (Lipinski definition) is 2. The minimum Gasteiger partial charge on any atom is -0.486 e. The molecule has 1 aromatic heterocycles. The lowest BCUT2D eigenvalue weighted by molar-refractivity contribution is 0.298. The van der Waals surface area contributed by atoms with E-state index in [1.807, 2.05) is 29.1 Å². The molecule has 5 heteroatoms. The van der Waals surface area contributed by atoms with Crippen LogP contribution in [-0.4, -0.2) is 15.6 Å². The molecule has 1 heterocycles. The predicted octanol–water partition coefficient (Wildman–Crippen LogP) is 2.33. The van der Waals surface area contributed by atoms with E-state index >= 15 is 0 Å². The number of hydrogen-bond acceptors (Lipinski definition) is 3. The highest BCUT2D eigenvalue weighted by atomic mass is 16.5. The van der Waals surface area contributed by atoms with Crippen molar-refractivity contribution in [3.8, 4) is 5.75 Å². The highest BCUT2D eigenvalue weighted by Crippen LogP contribution is 2.18.